The summed E-state index contributed by atoms with van der Waals surface area (Å²) in [5.41, 5.74) is 4.44. The molecule has 1 aromatic heterocycles. The molecule has 24 heavy (non-hydrogen) atoms. The first-order valence-electron chi connectivity index (χ1n) is 7.89. The van der Waals surface area contributed by atoms with Crippen LogP contribution >= 0.6 is 0 Å². The number of aromatic nitrogens is 2. The SMILES string of the molecule is CC(Nc1c([N+](=O)[O-])ccc2c1CCN2)c1nc2ccccc2[nH]1. The molecule has 0 spiro atoms. The molecule has 0 fully saturated rings. The number of para-hydroxylation sites is 2. The Kier molecular flexibility index (Phi) is 3.34. The molecule has 1 unspecified atom stereocenters. The Morgan fingerprint density at radius 2 is 2.12 bits per heavy atom. The Bertz CT molecular complexity index is 901. The molecule has 0 amide bonds. The highest BCUT2D eigenvalue weighted by Gasteiger charge is 2.25. The van der Waals surface area contributed by atoms with Crippen LogP contribution in [-0.2, 0) is 6.42 Å². The number of rotatable bonds is 4. The van der Waals surface area contributed by atoms with E-state index < -0.39 is 0 Å². The maximum Gasteiger partial charge on any atom is 0.292 e. The van der Waals surface area contributed by atoms with Crippen LogP contribution in [0.1, 0.15) is 24.4 Å². The minimum Gasteiger partial charge on any atom is -0.384 e. The van der Waals surface area contributed by atoms with E-state index >= 15 is 0 Å². The van der Waals surface area contributed by atoms with Crippen molar-refractivity contribution < 1.29 is 4.92 Å². The van der Waals surface area contributed by atoms with Gasteiger partial charge in [0.05, 0.1) is 22.0 Å². The van der Waals surface area contributed by atoms with E-state index in [1.807, 2.05) is 31.2 Å². The molecule has 0 saturated carbocycles. The lowest BCUT2D eigenvalue weighted by Gasteiger charge is -2.16. The highest BCUT2D eigenvalue weighted by atomic mass is 16.6. The fourth-order valence-electron chi connectivity index (χ4n) is 3.16. The number of nitro groups is 1. The van der Waals surface area contributed by atoms with Gasteiger partial charge in [-0.15, -0.1) is 0 Å². The average Bonchev–Trinajstić information content (AvgIpc) is 3.21. The van der Waals surface area contributed by atoms with Gasteiger partial charge in [-0.1, -0.05) is 12.1 Å². The van der Waals surface area contributed by atoms with Gasteiger partial charge in [0, 0.05) is 23.9 Å². The highest BCUT2D eigenvalue weighted by molar-refractivity contribution is 5.78. The summed E-state index contributed by atoms with van der Waals surface area (Å²) in [6, 6.07) is 10.9. The Morgan fingerprint density at radius 3 is 2.92 bits per heavy atom. The summed E-state index contributed by atoms with van der Waals surface area (Å²) >= 11 is 0. The van der Waals surface area contributed by atoms with Gasteiger partial charge in [-0.25, -0.2) is 4.98 Å². The molecule has 1 atom stereocenters. The van der Waals surface area contributed by atoms with Crippen LogP contribution in [0.15, 0.2) is 36.4 Å². The number of benzene rings is 2. The number of imidazole rings is 1. The quantitative estimate of drug-likeness (QED) is 0.503. The van der Waals surface area contributed by atoms with Crippen molar-refractivity contribution >= 4 is 28.1 Å². The van der Waals surface area contributed by atoms with Crippen molar-refractivity contribution in [1.29, 1.82) is 0 Å². The van der Waals surface area contributed by atoms with E-state index in [1.54, 1.807) is 12.1 Å². The van der Waals surface area contributed by atoms with Gasteiger partial charge in [-0.05, 0) is 31.5 Å². The van der Waals surface area contributed by atoms with Gasteiger partial charge in [0.15, 0.2) is 0 Å². The second-order valence-corrected chi connectivity index (χ2v) is 5.92. The number of nitrogens with zero attached hydrogens (tertiary/aromatic N) is 2. The largest absolute Gasteiger partial charge is 0.384 e. The van der Waals surface area contributed by atoms with Crippen LogP contribution in [0.4, 0.5) is 17.1 Å². The summed E-state index contributed by atoms with van der Waals surface area (Å²) in [4.78, 5) is 18.9. The lowest BCUT2D eigenvalue weighted by atomic mass is 10.1. The van der Waals surface area contributed by atoms with E-state index in [0.29, 0.717) is 5.69 Å². The van der Waals surface area contributed by atoms with E-state index in [4.69, 9.17) is 0 Å². The van der Waals surface area contributed by atoms with Crippen molar-refractivity contribution in [3.05, 3.63) is 57.9 Å². The maximum atomic E-state index is 11.4. The molecule has 4 rings (SSSR count). The van der Waals surface area contributed by atoms with Crippen LogP contribution in [0.3, 0.4) is 0 Å². The highest BCUT2D eigenvalue weighted by Crippen LogP contribution is 2.38. The summed E-state index contributed by atoms with van der Waals surface area (Å²) in [6.07, 6.45) is 0.770. The van der Waals surface area contributed by atoms with Gasteiger partial charge >= 0.3 is 0 Å². The summed E-state index contributed by atoms with van der Waals surface area (Å²) < 4.78 is 0. The Morgan fingerprint density at radius 1 is 1.29 bits per heavy atom. The molecule has 7 heteroatoms. The number of hydrogen-bond acceptors (Lipinski definition) is 5. The van der Waals surface area contributed by atoms with Crippen molar-refractivity contribution in [2.24, 2.45) is 0 Å². The molecule has 0 aliphatic carbocycles. The third-order valence-electron chi connectivity index (χ3n) is 4.36. The monoisotopic (exact) mass is 323 g/mol. The van der Waals surface area contributed by atoms with Gasteiger partial charge in [-0.3, -0.25) is 10.1 Å². The zero-order chi connectivity index (χ0) is 16.7. The van der Waals surface area contributed by atoms with Crippen LogP contribution in [-0.4, -0.2) is 21.4 Å². The third kappa shape index (κ3) is 2.34. The van der Waals surface area contributed by atoms with Crippen LogP contribution in [0.5, 0.6) is 0 Å². The van der Waals surface area contributed by atoms with Crippen LogP contribution in [0, 0.1) is 10.1 Å². The molecule has 0 bridgehead atoms. The fraction of sp³-hybridized carbons (Fsp3) is 0.235. The van der Waals surface area contributed by atoms with E-state index in [9.17, 15) is 10.1 Å². The lowest BCUT2D eigenvalue weighted by molar-refractivity contribution is -0.384. The molecule has 2 heterocycles. The number of H-pyrrole nitrogens is 1. The predicted molar refractivity (Wildman–Crippen MR) is 93.4 cm³/mol. The minimum atomic E-state index is -0.341. The predicted octanol–water partition coefficient (Wildman–Crippen LogP) is 3.61. The van der Waals surface area contributed by atoms with Crippen LogP contribution < -0.4 is 10.6 Å². The van der Waals surface area contributed by atoms with E-state index in [2.05, 4.69) is 20.6 Å². The Balaban J connectivity index is 1.72. The van der Waals surface area contributed by atoms with Gasteiger partial charge < -0.3 is 15.6 Å². The number of anilines is 2. The number of aromatic amines is 1. The first kappa shape index (κ1) is 14.5. The molecule has 2 aromatic carbocycles. The molecule has 122 valence electrons. The van der Waals surface area contributed by atoms with Crippen molar-refractivity contribution in [2.45, 2.75) is 19.4 Å². The first-order valence-corrected chi connectivity index (χ1v) is 7.89. The van der Waals surface area contributed by atoms with Crippen molar-refractivity contribution in [3.8, 4) is 0 Å². The topological polar surface area (TPSA) is 95.9 Å². The zero-order valence-corrected chi connectivity index (χ0v) is 13.2. The molecule has 0 saturated heterocycles. The maximum absolute atomic E-state index is 11.4. The minimum absolute atomic E-state index is 0.0976. The standard InChI is InChI=1S/C17H17N5O2/c1-10(17-20-13-4-2-3-5-14(13)21-17)19-16-11-8-9-18-12(11)6-7-15(16)22(23)24/h2-7,10,18-19H,8-9H2,1H3,(H,20,21). The molecular formula is C17H17N5O2. The van der Waals surface area contributed by atoms with Gasteiger partial charge in [0.25, 0.3) is 5.69 Å². The van der Waals surface area contributed by atoms with Crippen molar-refractivity contribution in [1.82, 2.24) is 9.97 Å². The van der Waals surface area contributed by atoms with Crippen LogP contribution in [0.25, 0.3) is 11.0 Å². The number of nitrogens with one attached hydrogen (secondary N) is 3. The number of fused-ring (bicyclic) bond motifs is 2. The molecule has 1 aliphatic rings. The second kappa shape index (κ2) is 5.52. The van der Waals surface area contributed by atoms with Crippen LogP contribution in [0.2, 0.25) is 0 Å². The van der Waals surface area contributed by atoms with E-state index in [0.717, 1.165) is 41.1 Å². The fourth-order valence-corrected chi connectivity index (χ4v) is 3.16. The summed E-state index contributed by atoms with van der Waals surface area (Å²) in [5.74, 6) is 0.758. The van der Waals surface area contributed by atoms with E-state index in [-0.39, 0.29) is 16.7 Å². The smallest absolute Gasteiger partial charge is 0.292 e. The Labute approximate surface area is 138 Å². The normalized spacial score (nSPS) is 14.2. The summed E-state index contributed by atoms with van der Waals surface area (Å²) in [5, 5.41) is 18.0. The summed E-state index contributed by atoms with van der Waals surface area (Å²) in [6.45, 7) is 2.74. The number of hydrogen-bond donors (Lipinski definition) is 3. The Hall–Kier alpha value is -3.09. The van der Waals surface area contributed by atoms with Crippen molar-refractivity contribution in [3.63, 3.8) is 0 Å². The summed E-state index contributed by atoms with van der Waals surface area (Å²) in [7, 11) is 0. The molecule has 1 aliphatic heterocycles. The van der Waals surface area contributed by atoms with Gasteiger partial charge in [0.1, 0.15) is 11.5 Å². The molecule has 3 aromatic rings. The number of nitro benzene ring substituents is 1. The second-order valence-electron chi connectivity index (χ2n) is 5.92. The zero-order valence-electron chi connectivity index (χ0n) is 13.2. The molecule has 3 N–H and O–H groups in total. The molecule has 7 nitrogen and oxygen atoms in total. The first-order chi connectivity index (χ1) is 11.6. The third-order valence-corrected chi connectivity index (χ3v) is 4.36. The van der Waals surface area contributed by atoms with Crippen molar-refractivity contribution in [2.75, 3.05) is 17.2 Å². The van der Waals surface area contributed by atoms with E-state index in [1.165, 1.54) is 0 Å². The average molecular weight is 323 g/mol. The molecule has 0 radical (unpaired) electrons. The molecular weight excluding hydrogens is 306 g/mol. The van der Waals surface area contributed by atoms with Gasteiger partial charge in [0.2, 0.25) is 0 Å². The lowest BCUT2D eigenvalue weighted by Crippen LogP contribution is -2.11. The van der Waals surface area contributed by atoms with Gasteiger partial charge in [-0.2, -0.15) is 0 Å².